The summed E-state index contributed by atoms with van der Waals surface area (Å²) >= 11 is 0. The highest BCUT2D eigenvalue weighted by atomic mass is 28.4. The molecule has 0 aromatic heterocycles. The molecular formula is C6H15O3Si. The molecule has 0 bridgehead atoms. The number of hydrogen-bond donors (Lipinski definition) is 0. The van der Waals surface area contributed by atoms with Crippen molar-refractivity contribution in [1.82, 2.24) is 0 Å². The molecule has 0 aromatic carbocycles. The van der Waals surface area contributed by atoms with Crippen molar-refractivity contribution in [2.45, 2.75) is 25.8 Å². The van der Waals surface area contributed by atoms with Gasteiger partial charge in [0.1, 0.15) is 0 Å². The van der Waals surface area contributed by atoms with Crippen LogP contribution in [0.15, 0.2) is 0 Å². The lowest BCUT2D eigenvalue weighted by Crippen LogP contribution is -2.47. The van der Waals surface area contributed by atoms with Gasteiger partial charge in [0, 0.05) is 19.3 Å². The molecule has 0 aliphatic carbocycles. The van der Waals surface area contributed by atoms with Crippen LogP contribution in [-0.2, 0) is 13.6 Å². The van der Waals surface area contributed by atoms with Crippen LogP contribution in [0.2, 0.25) is 5.04 Å². The average molecular weight is 163 g/mol. The summed E-state index contributed by atoms with van der Waals surface area (Å²) in [5.74, 6) is 0. The Kier molecular flexibility index (Phi) is 3.03. The molecule has 3 nitrogen and oxygen atoms in total. The van der Waals surface area contributed by atoms with Crippen LogP contribution in [0.5, 0.6) is 0 Å². The van der Waals surface area contributed by atoms with Gasteiger partial charge in [-0.3, -0.25) is 0 Å². The van der Waals surface area contributed by atoms with Gasteiger partial charge in [-0.1, -0.05) is 20.8 Å². The molecule has 0 amide bonds. The molecule has 0 fully saturated rings. The predicted molar refractivity (Wildman–Crippen MR) is 40.2 cm³/mol. The van der Waals surface area contributed by atoms with Crippen molar-refractivity contribution in [2.75, 3.05) is 14.2 Å². The molecule has 0 heterocycles. The molecule has 0 aliphatic rings. The number of hydrogen-bond acceptors (Lipinski definition) is 2. The van der Waals surface area contributed by atoms with Crippen molar-refractivity contribution in [1.29, 1.82) is 0 Å². The zero-order valence-corrected chi connectivity index (χ0v) is 8.22. The summed E-state index contributed by atoms with van der Waals surface area (Å²) in [5.41, 5.74) is 0. The molecule has 0 saturated carbocycles. The van der Waals surface area contributed by atoms with Crippen molar-refractivity contribution in [3.05, 3.63) is 0 Å². The maximum Gasteiger partial charge on any atom is 0.533 e. The highest BCUT2D eigenvalue weighted by Gasteiger charge is 2.50. The van der Waals surface area contributed by atoms with Crippen LogP contribution in [0.1, 0.15) is 20.8 Å². The molecule has 61 valence electrons. The second kappa shape index (κ2) is 3.00. The standard InChI is InChI=1S/C6H15O3Si/c1-6(2,3)10(7,8-4)9-5/h1-5H3. The molecule has 0 rings (SSSR count). The van der Waals surface area contributed by atoms with Gasteiger partial charge in [0.2, 0.25) is 0 Å². The van der Waals surface area contributed by atoms with E-state index >= 15 is 0 Å². The first-order valence-corrected chi connectivity index (χ1v) is 4.90. The Morgan fingerprint density at radius 3 is 1.40 bits per heavy atom. The van der Waals surface area contributed by atoms with E-state index in [0.29, 0.717) is 0 Å². The molecule has 0 N–H and O–H groups in total. The van der Waals surface area contributed by atoms with E-state index in [1.54, 1.807) is 0 Å². The minimum absolute atomic E-state index is 0.406. The first-order chi connectivity index (χ1) is 4.37. The summed E-state index contributed by atoms with van der Waals surface area (Å²) in [4.78, 5) is 11.6. The minimum atomic E-state index is -3.15. The summed E-state index contributed by atoms with van der Waals surface area (Å²) in [6.45, 7) is 5.50. The Hall–Kier alpha value is 0.0969. The SMILES string of the molecule is CO[Si]([O])(OC)C(C)(C)C. The van der Waals surface area contributed by atoms with Gasteiger partial charge in [0.15, 0.2) is 0 Å². The van der Waals surface area contributed by atoms with Crippen LogP contribution in [0.3, 0.4) is 0 Å². The summed E-state index contributed by atoms with van der Waals surface area (Å²) < 4.78 is 9.62. The Morgan fingerprint density at radius 1 is 1.10 bits per heavy atom. The number of rotatable bonds is 2. The Labute approximate surface area is 63.3 Å². The quantitative estimate of drug-likeness (QED) is 0.578. The van der Waals surface area contributed by atoms with Gasteiger partial charge in [0.05, 0.1) is 0 Å². The Bertz CT molecular complexity index is 104. The average Bonchev–Trinajstić information content (AvgIpc) is 1.84. The summed E-state index contributed by atoms with van der Waals surface area (Å²) in [6.07, 6.45) is 0. The normalized spacial score (nSPS) is 13.8. The Balaban J connectivity index is 4.33. The van der Waals surface area contributed by atoms with Gasteiger partial charge in [-0.25, -0.2) is 4.80 Å². The topological polar surface area (TPSA) is 38.4 Å². The summed E-state index contributed by atoms with van der Waals surface area (Å²) in [6, 6.07) is 0. The summed E-state index contributed by atoms with van der Waals surface area (Å²) in [7, 11) is -0.328. The van der Waals surface area contributed by atoms with Gasteiger partial charge in [-0.15, -0.1) is 0 Å². The molecule has 10 heavy (non-hydrogen) atoms. The van der Waals surface area contributed by atoms with Crippen molar-refractivity contribution in [2.24, 2.45) is 0 Å². The van der Waals surface area contributed by atoms with Crippen molar-refractivity contribution < 1.29 is 13.6 Å². The smallest absolute Gasteiger partial charge is 0.375 e. The van der Waals surface area contributed by atoms with Gasteiger partial charge in [0.25, 0.3) is 0 Å². The van der Waals surface area contributed by atoms with Crippen LogP contribution in [0, 0.1) is 0 Å². The largest absolute Gasteiger partial charge is 0.533 e. The van der Waals surface area contributed by atoms with Gasteiger partial charge >= 0.3 is 8.80 Å². The Morgan fingerprint density at radius 2 is 1.40 bits per heavy atom. The third-order valence-corrected chi connectivity index (χ3v) is 4.37. The maximum absolute atomic E-state index is 11.6. The maximum atomic E-state index is 11.6. The highest BCUT2D eigenvalue weighted by molar-refractivity contribution is 6.62. The van der Waals surface area contributed by atoms with Crippen LogP contribution < -0.4 is 0 Å². The molecule has 0 saturated heterocycles. The molecule has 0 unspecified atom stereocenters. The fourth-order valence-electron chi connectivity index (χ4n) is 0.696. The fraction of sp³-hybridized carbons (Fsp3) is 1.00. The lowest BCUT2D eigenvalue weighted by Gasteiger charge is -2.30. The summed E-state index contributed by atoms with van der Waals surface area (Å²) in [5, 5.41) is -0.406. The molecule has 0 aromatic rings. The molecule has 4 heteroatoms. The van der Waals surface area contributed by atoms with E-state index < -0.39 is 13.8 Å². The minimum Gasteiger partial charge on any atom is -0.375 e. The van der Waals surface area contributed by atoms with Crippen molar-refractivity contribution in [3.8, 4) is 0 Å². The fourth-order valence-corrected chi connectivity index (χ4v) is 2.09. The molecule has 1 radical (unpaired) electrons. The van der Waals surface area contributed by atoms with Gasteiger partial charge in [-0.05, 0) is 0 Å². The zero-order chi connectivity index (χ0) is 8.41. The van der Waals surface area contributed by atoms with E-state index in [1.807, 2.05) is 20.8 Å². The van der Waals surface area contributed by atoms with Crippen LogP contribution >= 0.6 is 0 Å². The van der Waals surface area contributed by atoms with Crippen molar-refractivity contribution >= 4 is 8.80 Å². The third kappa shape index (κ3) is 1.79. The van der Waals surface area contributed by atoms with Crippen molar-refractivity contribution in [3.63, 3.8) is 0 Å². The predicted octanol–water partition coefficient (Wildman–Crippen LogP) is 1.45. The van der Waals surface area contributed by atoms with E-state index in [4.69, 9.17) is 8.85 Å². The van der Waals surface area contributed by atoms with E-state index in [1.165, 1.54) is 14.2 Å². The second-order valence-electron chi connectivity index (χ2n) is 3.21. The molecule has 0 aliphatic heterocycles. The van der Waals surface area contributed by atoms with Gasteiger partial charge in [-0.2, -0.15) is 0 Å². The van der Waals surface area contributed by atoms with E-state index in [9.17, 15) is 4.80 Å². The molecule has 0 atom stereocenters. The molecule has 0 spiro atoms. The lowest BCUT2D eigenvalue weighted by molar-refractivity contribution is 0.0934. The zero-order valence-electron chi connectivity index (χ0n) is 7.22. The van der Waals surface area contributed by atoms with Crippen LogP contribution in [-0.4, -0.2) is 23.0 Å². The lowest BCUT2D eigenvalue weighted by atomic mass is 10.3. The van der Waals surface area contributed by atoms with Gasteiger partial charge < -0.3 is 8.85 Å². The van der Waals surface area contributed by atoms with Crippen LogP contribution in [0.4, 0.5) is 0 Å². The highest BCUT2D eigenvalue weighted by Crippen LogP contribution is 2.34. The van der Waals surface area contributed by atoms with E-state index in [-0.39, 0.29) is 0 Å². The third-order valence-electron chi connectivity index (χ3n) is 1.46. The van der Waals surface area contributed by atoms with E-state index in [2.05, 4.69) is 0 Å². The first-order valence-electron chi connectivity index (χ1n) is 3.18. The second-order valence-corrected chi connectivity index (χ2v) is 6.64. The van der Waals surface area contributed by atoms with E-state index in [0.717, 1.165) is 0 Å². The first kappa shape index (κ1) is 10.1. The monoisotopic (exact) mass is 163 g/mol. The molecular weight excluding hydrogens is 148 g/mol. The van der Waals surface area contributed by atoms with Crippen LogP contribution in [0.25, 0.3) is 0 Å².